The first-order valence-electron chi connectivity index (χ1n) is 6.37. The Balaban J connectivity index is 2.44. The van der Waals surface area contributed by atoms with E-state index in [0.717, 1.165) is 25.2 Å². The highest BCUT2D eigenvalue weighted by Crippen LogP contribution is 2.11. The summed E-state index contributed by atoms with van der Waals surface area (Å²) >= 11 is 1.38. The van der Waals surface area contributed by atoms with Crippen LogP contribution in [0.2, 0.25) is 0 Å². The number of nitrogens with one attached hydrogen (secondary N) is 1. The summed E-state index contributed by atoms with van der Waals surface area (Å²) in [5.41, 5.74) is 0. The van der Waals surface area contributed by atoms with E-state index in [-0.39, 0.29) is 11.7 Å². The van der Waals surface area contributed by atoms with Gasteiger partial charge >= 0.3 is 5.97 Å². The van der Waals surface area contributed by atoms with Crippen LogP contribution >= 0.6 is 11.8 Å². The van der Waals surface area contributed by atoms with E-state index in [2.05, 4.69) is 27.8 Å². The SMILES string of the molecule is CCCCn1nnnc1CSC[C@H](NC(C)=O)C(=O)O. The second-order valence-electron chi connectivity index (χ2n) is 4.28. The Morgan fingerprint density at radius 1 is 1.50 bits per heavy atom. The molecule has 0 unspecified atom stereocenters. The van der Waals surface area contributed by atoms with Crippen LogP contribution in [0.5, 0.6) is 0 Å². The molecule has 0 spiro atoms. The van der Waals surface area contributed by atoms with Gasteiger partial charge < -0.3 is 10.4 Å². The third-order valence-electron chi connectivity index (χ3n) is 2.52. The van der Waals surface area contributed by atoms with E-state index in [1.165, 1.54) is 18.7 Å². The van der Waals surface area contributed by atoms with Crippen LogP contribution in [0.3, 0.4) is 0 Å². The minimum absolute atomic E-state index is 0.273. The molecule has 9 heteroatoms. The lowest BCUT2D eigenvalue weighted by Gasteiger charge is -2.12. The maximum atomic E-state index is 11.0. The molecule has 0 fully saturated rings. The van der Waals surface area contributed by atoms with Crippen molar-refractivity contribution in [3.05, 3.63) is 5.82 Å². The Labute approximate surface area is 121 Å². The van der Waals surface area contributed by atoms with Crippen molar-refractivity contribution in [3.8, 4) is 0 Å². The second kappa shape index (κ2) is 8.51. The molecular weight excluding hydrogens is 282 g/mol. The highest BCUT2D eigenvalue weighted by Gasteiger charge is 2.18. The third-order valence-corrected chi connectivity index (χ3v) is 3.55. The van der Waals surface area contributed by atoms with Gasteiger partial charge in [0.1, 0.15) is 6.04 Å². The average Bonchev–Trinajstić information content (AvgIpc) is 2.82. The molecule has 0 aliphatic carbocycles. The van der Waals surface area contributed by atoms with E-state index in [0.29, 0.717) is 5.75 Å². The molecular formula is C11H19N5O3S. The van der Waals surface area contributed by atoms with Crippen LogP contribution in [-0.4, -0.2) is 49.0 Å². The van der Waals surface area contributed by atoms with Gasteiger partial charge in [0, 0.05) is 19.2 Å². The molecule has 1 aromatic heterocycles. The fourth-order valence-electron chi connectivity index (χ4n) is 1.50. The number of tetrazole rings is 1. The predicted molar refractivity (Wildman–Crippen MR) is 74.1 cm³/mol. The number of nitrogens with zero attached hydrogens (tertiary/aromatic N) is 4. The summed E-state index contributed by atoms with van der Waals surface area (Å²) in [5.74, 6) is 0.106. The first-order valence-corrected chi connectivity index (χ1v) is 7.52. The maximum Gasteiger partial charge on any atom is 0.327 e. The van der Waals surface area contributed by atoms with Crippen molar-refractivity contribution in [2.75, 3.05) is 5.75 Å². The monoisotopic (exact) mass is 301 g/mol. The Morgan fingerprint density at radius 3 is 2.85 bits per heavy atom. The van der Waals surface area contributed by atoms with Gasteiger partial charge in [-0.25, -0.2) is 9.48 Å². The number of carboxylic acids is 1. The smallest absolute Gasteiger partial charge is 0.327 e. The molecule has 0 radical (unpaired) electrons. The summed E-state index contributed by atoms with van der Waals surface area (Å²) in [6.45, 7) is 4.14. The van der Waals surface area contributed by atoms with Gasteiger partial charge in [0.2, 0.25) is 5.91 Å². The first kappa shape index (κ1) is 16.4. The highest BCUT2D eigenvalue weighted by atomic mass is 32.2. The molecule has 1 rings (SSSR count). The summed E-state index contributed by atoms with van der Waals surface area (Å²) in [6, 6.07) is -0.891. The number of carboxylic acid groups (broad SMARTS) is 1. The Hall–Kier alpha value is -1.64. The van der Waals surface area contributed by atoms with Gasteiger partial charge in [0.05, 0.1) is 5.75 Å². The van der Waals surface area contributed by atoms with Crippen LogP contribution in [0.15, 0.2) is 0 Å². The number of carbonyl (C=O) groups excluding carboxylic acids is 1. The van der Waals surface area contributed by atoms with Gasteiger partial charge in [-0.2, -0.15) is 11.8 Å². The van der Waals surface area contributed by atoms with Crippen molar-refractivity contribution in [1.29, 1.82) is 0 Å². The van der Waals surface area contributed by atoms with Gasteiger partial charge in [-0.15, -0.1) is 5.10 Å². The van der Waals surface area contributed by atoms with E-state index in [4.69, 9.17) is 5.11 Å². The zero-order chi connectivity index (χ0) is 15.0. The van der Waals surface area contributed by atoms with Crippen LogP contribution in [0.25, 0.3) is 0 Å². The summed E-state index contributed by atoms with van der Waals surface area (Å²) in [7, 11) is 0. The summed E-state index contributed by atoms with van der Waals surface area (Å²) in [4.78, 5) is 21.9. The summed E-state index contributed by atoms with van der Waals surface area (Å²) < 4.78 is 1.73. The predicted octanol–water partition coefficient (Wildman–Crippen LogP) is 0.296. The van der Waals surface area contributed by atoms with Gasteiger partial charge in [0.25, 0.3) is 0 Å². The molecule has 1 atom stereocenters. The summed E-state index contributed by atoms with van der Waals surface area (Å²) in [5, 5.41) is 22.8. The van der Waals surface area contributed by atoms with E-state index >= 15 is 0 Å². The number of aliphatic carboxylic acids is 1. The fourth-order valence-corrected chi connectivity index (χ4v) is 2.47. The van der Waals surface area contributed by atoms with E-state index < -0.39 is 12.0 Å². The van der Waals surface area contributed by atoms with Crippen LogP contribution < -0.4 is 5.32 Å². The van der Waals surface area contributed by atoms with Crippen molar-refractivity contribution < 1.29 is 14.7 Å². The quantitative estimate of drug-likeness (QED) is 0.674. The third kappa shape index (κ3) is 5.55. The largest absolute Gasteiger partial charge is 0.480 e. The zero-order valence-electron chi connectivity index (χ0n) is 11.6. The Morgan fingerprint density at radius 2 is 2.25 bits per heavy atom. The van der Waals surface area contributed by atoms with Gasteiger partial charge in [-0.05, 0) is 16.8 Å². The molecule has 20 heavy (non-hydrogen) atoms. The molecule has 0 saturated carbocycles. The fraction of sp³-hybridized carbons (Fsp3) is 0.727. The van der Waals surface area contributed by atoms with Crippen molar-refractivity contribution in [2.24, 2.45) is 0 Å². The van der Waals surface area contributed by atoms with Crippen molar-refractivity contribution in [1.82, 2.24) is 25.5 Å². The Kier molecular flexibility index (Phi) is 6.99. The van der Waals surface area contributed by atoms with Crippen molar-refractivity contribution in [2.45, 2.75) is 45.0 Å². The van der Waals surface area contributed by atoms with E-state index in [9.17, 15) is 9.59 Å². The van der Waals surface area contributed by atoms with Crippen LogP contribution in [0, 0.1) is 0 Å². The molecule has 0 aromatic carbocycles. The van der Waals surface area contributed by atoms with Gasteiger partial charge in [0.15, 0.2) is 5.82 Å². The van der Waals surface area contributed by atoms with Gasteiger partial charge in [-0.3, -0.25) is 4.79 Å². The molecule has 0 aliphatic heterocycles. The van der Waals surface area contributed by atoms with Crippen molar-refractivity contribution in [3.63, 3.8) is 0 Å². The van der Waals surface area contributed by atoms with E-state index in [1.807, 2.05) is 0 Å². The lowest BCUT2D eigenvalue weighted by atomic mass is 10.3. The molecule has 112 valence electrons. The van der Waals surface area contributed by atoms with Crippen LogP contribution in [-0.2, 0) is 21.9 Å². The lowest BCUT2D eigenvalue weighted by Crippen LogP contribution is -2.41. The molecule has 0 bridgehead atoms. The summed E-state index contributed by atoms with van der Waals surface area (Å²) in [6.07, 6.45) is 2.04. The standard InChI is InChI=1S/C11H19N5O3S/c1-3-4-5-16-10(13-14-15-16)7-20-6-9(11(18)19)12-8(2)17/h9H,3-7H2,1-2H3,(H,12,17)(H,18,19)/t9-/m0/s1. The minimum atomic E-state index is -1.04. The number of rotatable bonds is 9. The number of thioether (sulfide) groups is 1. The number of aromatic nitrogens is 4. The molecule has 1 amide bonds. The number of carbonyl (C=O) groups is 2. The highest BCUT2D eigenvalue weighted by molar-refractivity contribution is 7.98. The molecule has 1 aromatic rings. The normalized spacial score (nSPS) is 12.1. The molecule has 0 aliphatic rings. The zero-order valence-corrected chi connectivity index (χ0v) is 12.4. The maximum absolute atomic E-state index is 11.0. The molecule has 8 nitrogen and oxygen atoms in total. The van der Waals surface area contributed by atoms with Crippen LogP contribution in [0.4, 0.5) is 0 Å². The van der Waals surface area contributed by atoms with Gasteiger partial charge in [-0.1, -0.05) is 13.3 Å². The second-order valence-corrected chi connectivity index (χ2v) is 5.31. The lowest BCUT2D eigenvalue weighted by molar-refractivity contribution is -0.140. The molecule has 2 N–H and O–H groups in total. The number of unbranched alkanes of at least 4 members (excludes halogenated alkanes) is 1. The number of hydrogen-bond acceptors (Lipinski definition) is 6. The number of amides is 1. The molecule has 1 heterocycles. The van der Waals surface area contributed by atoms with E-state index in [1.54, 1.807) is 4.68 Å². The average molecular weight is 301 g/mol. The minimum Gasteiger partial charge on any atom is -0.480 e. The topological polar surface area (TPSA) is 110 Å². The number of aryl methyl sites for hydroxylation is 1. The first-order chi connectivity index (χ1) is 9.54. The Bertz CT molecular complexity index is 451. The molecule has 0 saturated heterocycles. The van der Waals surface area contributed by atoms with Crippen molar-refractivity contribution >= 4 is 23.6 Å². The van der Waals surface area contributed by atoms with Crippen LogP contribution in [0.1, 0.15) is 32.5 Å². The number of hydrogen-bond donors (Lipinski definition) is 2.